The smallest absolute Gasteiger partial charge is 0.273 e. The zero-order valence-corrected chi connectivity index (χ0v) is 14.1. The van der Waals surface area contributed by atoms with Crippen LogP contribution in [-0.4, -0.2) is 22.8 Å². The van der Waals surface area contributed by atoms with Crippen molar-refractivity contribution in [2.24, 2.45) is 0 Å². The number of nitro benzene ring substituents is 1. The number of amides is 1. The second-order valence-corrected chi connectivity index (χ2v) is 5.95. The molecule has 0 saturated heterocycles. The minimum atomic E-state index is -0.498. The van der Waals surface area contributed by atoms with Gasteiger partial charge in [-0.15, -0.1) is 0 Å². The summed E-state index contributed by atoms with van der Waals surface area (Å²) in [5.74, 6) is -0.308. The Bertz CT molecular complexity index is 778. The lowest BCUT2D eigenvalue weighted by atomic mass is 10.1. The number of nitro groups is 1. The van der Waals surface area contributed by atoms with Gasteiger partial charge in [0.25, 0.3) is 11.6 Å². The lowest BCUT2D eigenvalue weighted by Crippen LogP contribution is -2.27. The van der Waals surface area contributed by atoms with Crippen LogP contribution in [0.1, 0.15) is 21.5 Å². The van der Waals surface area contributed by atoms with Crippen LogP contribution in [0.15, 0.2) is 36.4 Å². The first kappa shape index (κ1) is 17.2. The van der Waals surface area contributed by atoms with E-state index in [1.165, 1.54) is 17.0 Å². The van der Waals surface area contributed by atoms with E-state index in [0.717, 1.165) is 5.56 Å². The molecule has 0 bridgehead atoms. The van der Waals surface area contributed by atoms with Crippen molar-refractivity contribution in [3.63, 3.8) is 0 Å². The second-order valence-electron chi connectivity index (χ2n) is 5.10. The molecule has 0 aliphatic carbocycles. The molecule has 5 nitrogen and oxygen atoms in total. The van der Waals surface area contributed by atoms with Gasteiger partial charge in [-0.2, -0.15) is 0 Å². The third-order valence-electron chi connectivity index (χ3n) is 3.50. The van der Waals surface area contributed by atoms with Gasteiger partial charge in [0.15, 0.2) is 0 Å². The predicted octanol–water partition coefficient (Wildman–Crippen LogP) is 4.48. The fraction of sp³-hybridized carbons (Fsp3) is 0.188. The van der Waals surface area contributed by atoms with Crippen molar-refractivity contribution in [3.8, 4) is 0 Å². The number of nitrogens with zero attached hydrogens (tertiary/aromatic N) is 2. The maximum Gasteiger partial charge on any atom is 0.273 e. The zero-order chi connectivity index (χ0) is 17.1. The van der Waals surface area contributed by atoms with Gasteiger partial charge in [0.1, 0.15) is 0 Å². The SMILES string of the molecule is Cc1c(C(=O)N(C)Cc2ccc(Cl)cc2Cl)cccc1[N+](=O)[O-]. The summed E-state index contributed by atoms with van der Waals surface area (Å²) in [6.45, 7) is 1.84. The first-order valence-corrected chi connectivity index (χ1v) is 7.50. The summed E-state index contributed by atoms with van der Waals surface area (Å²) < 4.78 is 0. The van der Waals surface area contributed by atoms with E-state index >= 15 is 0 Å². The third kappa shape index (κ3) is 3.81. The molecular formula is C16H14Cl2N2O3. The molecule has 0 N–H and O–H groups in total. The number of carbonyl (C=O) groups excluding carboxylic acids is 1. The van der Waals surface area contributed by atoms with E-state index in [2.05, 4.69) is 0 Å². The van der Waals surface area contributed by atoms with E-state index in [1.807, 2.05) is 0 Å². The molecule has 0 spiro atoms. The lowest BCUT2D eigenvalue weighted by Gasteiger charge is -2.19. The van der Waals surface area contributed by atoms with Gasteiger partial charge in [0, 0.05) is 40.8 Å². The van der Waals surface area contributed by atoms with Gasteiger partial charge in [-0.3, -0.25) is 14.9 Å². The first-order chi connectivity index (χ1) is 10.8. The molecule has 0 radical (unpaired) electrons. The van der Waals surface area contributed by atoms with Crippen LogP contribution in [0.25, 0.3) is 0 Å². The van der Waals surface area contributed by atoms with Gasteiger partial charge in [-0.25, -0.2) is 0 Å². The average Bonchev–Trinajstić information content (AvgIpc) is 2.49. The van der Waals surface area contributed by atoms with Crippen LogP contribution < -0.4 is 0 Å². The van der Waals surface area contributed by atoms with Gasteiger partial charge in [0.2, 0.25) is 0 Å². The summed E-state index contributed by atoms with van der Waals surface area (Å²) in [6.07, 6.45) is 0. The summed E-state index contributed by atoms with van der Waals surface area (Å²) in [5.41, 5.74) is 1.31. The third-order valence-corrected chi connectivity index (χ3v) is 4.09. The Labute approximate surface area is 143 Å². The summed E-state index contributed by atoms with van der Waals surface area (Å²) >= 11 is 12.0. The molecule has 0 aromatic heterocycles. The Morgan fingerprint density at radius 1 is 1.26 bits per heavy atom. The monoisotopic (exact) mass is 352 g/mol. The molecule has 0 atom stereocenters. The fourth-order valence-corrected chi connectivity index (χ4v) is 2.70. The lowest BCUT2D eigenvalue weighted by molar-refractivity contribution is -0.385. The normalized spacial score (nSPS) is 10.4. The van der Waals surface area contributed by atoms with Crippen LogP contribution in [0.2, 0.25) is 10.0 Å². The molecule has 0 aliphatic rings. The Balaban J connectivity index is 2.26. The molecule has 0 unspecified atom stereocenters. The molecule has 120 valence electrons. The number of hydrogen-bond donors (Lipinski definition) is 0. The standard InChI is InChI=1S/C16H14Cl2N2O3/c1-10-13(4-3-5-15(10)20(22)23)16(21)19(2)9-11-6-7-12(17)8-14(11)18/h3-8H,9H2,1-2H3. The van der Waals surface area contributed by atoms with E-state index < -0.39 is 4.92 Å². The molecule has 7 heteroatoms. The highest BCUT2D eigenvalue weighted by atomic mass is 35.5. The molecular weight excluding hydrogens is 339 g/mol. The van der Waals surface area contributed by atoms with Gasteiger partial charge in [0.05, 0.1) is 4.92 Å². The van der Waals surface area contributed by atoms with E-state index in [-0.39, 0.29) is 18.1 Å². The molecule has 2 rings (SSSR count). The van der Waals surface area contributed by atoms with Crippen molar-refractivity contribution >= 4 is 34.8 Å². The number of benzene rings is 2. The number of rotatable bonds is 4. The van der Waals surface area contributed by atoms with Crippen LogP contribution in [0.4, 0.5) is 5.69 Å². The van der Waals surface area contributed by atoms with Gasteiger partial charge >= 0.3 is 0 Å². The van der Waals surface area contributed by atoms with Crippen LogP contribution in [0, 0.1) is 17.0 Å². The average molecular weight is 353 g/mol. The molecule has 0 aliphatic heterocycles. The largest absolute Gasteiger partial charge is 0.337 e. The van der Waals surface area contributed by atoms with Gasteiger partial charge in [-0.1, -0.05) is 35.3 Å². The van der Waals surface area contributed by atoms with Crippen molar-refractivity contribution in [1.82, 2.24) is 4.90 Å². The topological polar surface area (TPSA) is 63.5 Å². The van der Waals surface area contributed by atoms with Gasteiger partial charge < -0.3 is 4.90 Å². The number of carbonyl (C=O) groups is 1. The fourth-order valence-electron chi connectivity index (χ4n) is 2.24. The van der Waals surface area contributed by atoms with Crippen molar-refractivity contribution in [2.75, 3.05) is 7.05 Å². The Morgan fingerprint density at radius 2 is 1.96 bits per heavy atom. The number of halogens is 2. The molecule has 23 heavy (non-hydrogen) atoms. The van der Waals surface area contributed by atoms with Crippen molar-refractivity contribution < 1.29 is 9.72 Å². The number of hydrogen-bond acceptors (Lipinski definition) is 3. The van der Waals surface area contributed by atoms with Crippen molar-refractivity contribution in [2.45, 2.75) is 13.5 Å². The van der Waals surface area contributed by atoms with Crippen molar-refractivity contribution in [1.29, 1.82) is 0 Å². The van der Waals surface area contributed by atoms with Crippen molar-refractivity contribution in [3.05, 3.63) is 73.2 Å². The maximum absolute atomic E-state index is 12.6. The molecule has 0 saturated carbocycles. The quantitative estimate of drug-likeness (QED) is 0.601. The molecule has 0 fully saturated rings. The summed E-state index contributed by atoms with van der Waals surface area (Å²) in [6, 6.07) is 9.50. The second kappa shape index (κ2) is 6.98. The highest BCUT2D eigenvalue weighted by Crippen LogP contribution is 2.25. The summed E-state index contributed by atoms with van der Waals surface area (Å²) in [5, 5.41) is 12.0. The zero-order valence-electron chi connectivity index (χ0n) is 12.5. The highest BCUT2D eigenvalue weighted by molar-refractivity contribution is 6.35. The molecule has 0 heterocycles. The Kier molecular flexibility index (Phi) is 5.23. The van der Waals surface area contributed by atoms with Crippen LogP contribution in [0.5, 0.6) is 0 Å². The molecule has 2 aromatic carbocycles. The minimum Gasteiger partial charge on any atom is -0.337 e. The molecule has 1 amide bonds. The van der Waals surface area contributed by atoms with E-state index in [9.17, 15) is 14.9 Å². The van der Waals surface area contributed by atoms with Gasteiger partial charge in [-0.05, 0) is 30.7 Å². The highest BCUT2D eigenvalue weighted by Gasteiger charge is 2.21. The Morgan fingerprint density at radius 3 is 2.57 bits per heavy atom. The first-order valence-electron chi connectivity index (χ1n) is 6.74. The minimum absolute atomic E-state index is 0.0752. The van der Waals surface area contributed by atoms with Crippen LogP contribution >= 0.6 is 23.2 Å². The van der Waals surface area contributed by atoms with E-state index in [4.69, 9.17) is 23.2 Å². The van der Waals surface area contributed by atoms with Crippen LogP contribution in [-0.2, 0) is 6.54 Å². The maximum atomic E-state index is 12.6. The van der Waals surface area contributed by atoms with E-state index in [1.54, 1.807) is 38.2 Å². The predicted molar refractivity (Wildman–Crippen MR) is 90.1 cm³/mol. The Hall–Kier alpha value is -2.11. The van der Waals surface area contributed by atoms with E-state index in [0.29, 0.717) is 21.2 Å². The summed E-state index contributed by atoms with van der Waals surface area (Å²) in [4.78, 5) is 24.5. The molecule has 2 aromatic rings. The van der Waals surface area contributed by atoms with Crippen LogP contribution in [0.3, 0.4) is 0 Å². The summed E-state index contributed by atoms with van der Waals surface area (Å²) in [7, 11) is 1.62.